The average molecular weight is 844 g/mol. The zero-order chi connectivity index (χ0) is 44.0. The number of hydrogen-bond donors (Lipinski definition) is 0. The average Bonchev–Trinajstić information content (AvgIpc) is 3.80. The minimum atomic E-state index is -0.530. The Morgan fingerprint density at radius 3 is 1.41 bits per heavy atom. The Hall–Kier alpha value is -8.20. The molecule has 0 radical (unpaired) electrons. The highest BCUT2D eigenvalue weighted by Crippen LogP contribution is 2.62. The predicted octanol–water partition coefficient (Wildman–Crippen LogP) is 16.9. The molecule has 0 unspecified atom stereocenters. The third kappa shape index (κ3) is 5.68. The van der Waals surface area contributed by atoms with Crippen molar-refractivity contribution in [3.8, 4) is 67.1 Å². The lowest BCUT2D eigenvalue weighted by Gasteiger charge is -2.39. The monoisotopic (exact) mass is 843 g/mol. The van der Waals surface area contributed by atoms with Gasteiger partial charge in [0.15, 0.2) is 0 Å². The molecule has 1 spiro atoms. The van der Waals surface area contributed by atoms with E-state index < -0.39 is 5.41 Å². The molecule has 2 nitrogen and oxygen atoms in total. The van der Waals surface area contributed by atoms with Crippen LogP contribution in [0.4, 0.5) is 17.1 Å². The molecule has 312 valence electrons. The van der Waals surface area contributed by atoms with Crippen molar-refractivity contribution in [3.05, 3.63) is 270 Å². The quantitative estimate of drug-likeness (QED) is 0.165. The minimum Gasteiger partial charge on any atom is -0.457 e. The molecule has 13 rings (SSSR count). The van der Waals surface area contributed by atoms with Crippen LogP contribution in [0.3, 0.4) is 0 Å². The first-order valence-electron chi connectivity index (χ1n) is 23.0. The summed E-state index contributed by atoms with van der Waals surface area (Å²) in [5.41, 5.74) is 22.7. The van der Waals surface area contributed by atoms with E-state index in [1.54, 1.807) is 0 Å². The Balaban J connectivity index is 0.924. The lowest BCUT2D eigenvalue weighted by atomic mass is 9.66. The van der Waals surface area contributed by atoms with E-state index in [2.05, 4.69) is 255 Å². The lowest BCUT2D eigenvalue weighted by Crippen LogP contribution is -2.32. The predicted molar refractivity (Wildman–Crippen MR) is 272 cm³/mol. The standard InChI is InChI=1S/C64H45NO/c1-63(2)55-22-9-6-19-51(55)54-37-31-46(40-59(54)63)44-29-35-49(36-30-44)65(48-33-27-43(28-34-48)42-15-4-3-5-16-42)50-18-14-17-45(39-50)47-32-38-62-60(41-47)64(58-25-12-13-26-61(58)66-62)56-23-10-7-20-52(56)53-21-8-11-24-57(53)64/h3-41H,1-2H3. The van der Waals surface area contributed by atoms with Gasteiger partial charge < -0.3 is 9.64 Å². The second-order valence-corrected chi connectivity index (χ2v) is 18.4. The lowest BCUT2D eigenvalue weighted by molar-refractivity contribution is 0.436. The van der Waals surface area contributed by atoms with Crippen LogP contribution in [-0.2, 0) is 10.8 Å². The summed E-state index contributed by atoms with van der Waals surface area (Å²) in [6.07, 6.45) is 0. The first-order valence-corrected chi connectivity index (χ1v) is 23.0. The summed E-state index contributed by atoms with van der Waals surface area (Å²) in [5, 5.41) is 0. The number of nitrogens with zero attached hydrogens (tertiary/aromatic N) is 1. The molecular formula is C64H45NO. The van der Waals surface area contributed by atoms with Gasteiger partial charge >= 0.3 is 0 Å². The maximum atomic E-state index is 6.78. The molecule has 0 atom stereocenters. The summed E-state index contributed by atoms with van der Waals surface area (Å²) in [7, 11) is 0. The molecular weight excluding hydrogens is 799 g/mol. The molecule has 66 heavy (non-hydrogen) atoms. The van der Waals surface area contributed by atoms with E-state index in [0.29, 0.717) is 0 Å². The van der Waals surface area contributed by atoms with E-state index >= 15 is 0 Å². The van der Waals surface area contributed by atoms with Crippen molar-refractivity contribution in [1.29, 1.82) is 0 Å². The maximum Gasteiger partial charge on any atom is 0.132 e. The molecule has 2 heteroatoms. The number of anilines is 3. The largest absolute Gasteiger partial charge is 0.457 e. The SMILES string of the molecule is CC1(C)c2ccccc2-c2ccc(-c3ccc(N(c4ccc(-c5ccccc5)cc4)c4cccc(-c5ccc6c(c5)C5(c7ccccc7O6)c6ccccc6-c6ccccc65)c4)cc3)cc21. The smallest absolute Gasteiger partial charge is 0.132 e. The van der Waals surface area contributed by atoms with Crippen LogP contribution in [0.15, 0.2) is 237 Å². The first kappa shape index (κ1) is 38.3. The fraction of sp³-hybridized carbons (Fsp3) is 0.0625. The molecule has 0 aromatic heterocycles. The van der Waals surface area contributed by atoms with Crippen LogP contribution in [0.2, 0.25) is 0 Å². The van der Waals surface area contributed by atoms with Crippen LogP contribution < -0.4 is 9.64 Å². The van der Waals surface area contributed by atoms with Gasteiger partial charge in [-0.25, -0.2) is 0 Å². The van der Waals surface area contributed by atoms with Crippen molar-refractivity contribution in [2.75, 3.05) is 4.90 Å². The third-order valence-electron chi connectivity index (χ3n) is 14.6. The van der Waals surface area contributed by atoms with Gasteiger partial charge in [0, 0.05) is 33.6 Å². The minimum absolute atomic E-state index is 0.0577. The first-order chi connectivity index (χ1) is 32.5. The van der Waals surface area contributed by atoms with Gasteiger partial charge in [-0.15, -0.1) is 0 Å². The van der Waals surface area contributed by atoms with Crippen molar-refractivity contribution in [2.24, 2.45) is 0 Å². The summed E-state index contributed by atoms with van der Waals surface area (Å²) in [6.45, 7) is 4.70. The molecule has 3 aliphatic rings. The van der Waals surface area contributed by atoms with E-state index in [9.17, 15) is 0 Å². The maximum absolute atomic E-state index is 6.78. The highest BCUT2D eigenvalue weighted by Gasteiger charge is 2.51. The Bertz CT molecular complexity index is 3480. The van der Waals surface area contributed by atoms with E-state index in [-0.39, 0.29) is 5.41 Å². The van der Waals surface area contributed by atoms with Crippen molar-refractivity contribution in [2.45, 2.75) is 24.7 Å². The number of para-hydroxylation sites is 1. The second kappa shape index (κ2) is 14.7. The van der Waals surface area contributed by atoms with Gasteiger partial charge in [-0.3, -0.25) is 0 Å². The molecule has 10 aromatic carbocycles. The van der Waals surface area contributed by atoms with Gasteiger partial charge in [-0.2, -0.15) is 0 Å². The van der Waals surface area contributed by atoms with E-state index in [1.165, 1.54) is 72.3 Å². The summed E-state index contributed by atoms with van der Waals surface area (Å²) < 4.78 is 6.78. The summed E-state index contributed by atoms with van der Waals surface area (Å²) >= 11 is 0. The fourth-order valence-electron chi connectivity index (χ4n) is 11.4. The number of ether oxygens (including phenoxy) is 1. The van der Waals surface area contributed by atoms with Crippen molar-refractivity contribution in [1.82, 2.24) is 0 Å². The van der Waals surface area contributed by atoms with Crippen LogP contribution in [0.5, 0.6) is 11.5 Å². The zero-order valence-electron chi connectivity index (χ0n) is 36.9. The van der Waals surface area contributed by atoms with Crippen molar-refractivity contribution >= 4 is 17.1 Å². The van der Waals surface area contributed by atoms with Crippen LogP contribution in [0, 0.1) is 0 Å². The van der Waals surface area contributed by atoms with Crippen LogP contribution in [0.1, 0.15) is 47.2 Å². The molecule has 0 amide bonds. The van der Waals surface area contributed by atoms with E-state index in [4.69, 9.17) is 4.74 Å². The van der Waals surface area contributed by atoms with Gasteiger partial charge in [0.1, 0.15) is 11.5 Å². The Kier molecular flexibility index (Phi) is 8.51. The molecule has 0 bridgehead atoms. The molecule has 1 heterocycles. The topological polar surface area (TPSA) is 12.5 Å². The molecule has 10 aromatic rings. The zero-order valence-corrected chi connectivity index (χ0v) is 36.9. The van der Waals surface area contributed by atoms with Crippen LogP contribution >= 0.6 is 0 Å². The highest BCUT2D eigenvalue weighted by molar-refractivity contribution is 5.90. The number of benzene rings is 10. The highest BCUT2D eigenvalue weighted by atomic mass is 16.5. The summed E-state index contributed by atoms with van der Waals surface area (Å²) in [6, 6.07) is 86.7. The second-order valence-electron chi connectivity index (χ2n) is 18.4. The molecule has 0 fully saturated rings. The van der Waals surface area contributed by atoms with Gasteiger partial charge in [0.05, 0.1) is 5.41 Å². The van der Waals surface area contributed by atoms with E-state index in [1.807, 2.05) is 0 Å². The number of hydrogen-bond acceptors (Lipinski definition) is 2. The molecule has 0 saturated heterocycles. The molecule has 0 saturated carbocycles. The third-order valence-corrected chi connectivity index (χ3v) is 14.6. The Morgan fingerprint density at radius 2 is 0.727 bits per heavy atom. The number of fused-ring (bicyclic) bond motifs is 12. The van der Waals surface area contributed by atoms with Crippen molar-refractivity contribution < 1.29 is 4.74 Å². The summed E-state index contributed by atoms with van der Waals surface area (Å²) in [4.78, 5) is 2.38. The van der Waals surface area contributed by atoms with Gasteiger partial charge in [0.25, 0.3) is 0 Å². The van der Waals surface area contributed by atoms with Gasteiger partial charge in [0.2, 0.25) is 0 Å². The van der Waals surface area contributed by atoms with Crippen molar-refractivity contribution in [3.63, 3.8) is 0 Å². The molecule has 0 N–H and O–H groups in total. The molecule has 2 aliphatic carbocycles. The Morgan fingerprint density at radius 1 is 0.288 bits per heavy atom. The van der Waals surface area contributed by atoms with Crippen LogP contribution in [-0.4, -0.2) is 0 Å². The normalized spacial score (nSPS) is 14.0. The molecule has 1 aliphatic heterocycles. The van der Waals surface area contributed by atoms with E-state index in [0.717, 1.165) is 45.3 Å². The van der Waals surface area contributed by atoms with Gasteiger partial charge in [-0.1, -0.05) is 190 Å². The van der Waals surface area contributed by atoms with Gasteiger partial charge in [-0.05, 0) is 139 Å². The number of rotatable bonds is 6. The fourth-order valence-corrected chi connectivity index (χ4v) is 11.4. The summed E-state index contributed by atoms with van der Waals surface area (Å²) in [5.74, 6) is 1.79. The Labute approximate surface area is 386 Å². The van der Waals surface area contributed by atoms with Crippen LogP contribution in [0.25, 0.3) is 55.6 Å².